The van der Waals surface area contributed by atoms with Gasteiger partial charge in [-0.15, -0.1) is 12.8 Å². The van der Waals surface area contributed by atoms with Gasteiger partial charge in [0.25, 0.3) is 0 Å². The molecule has 0 saturated carbocycles. The van der Waals surface area contributed by atoms with Crippen LogP contribution in [0.3, 0.4) is 0 Å². The molecule has 1 aromatic heterocycles. The Morgan fingerprint density at radius 2 is 1.73 bits per heavy atom. The Labute approximate surface area is 173 Å². The SMILES string of the molecule is C#C.C=C/C=C(\C=C)C[C@@H](c1cc(F)cc(C(F)(F)F)c1)c1ccc(F)cn1.CN. The quantitative estimate of drug-likeness (QED) is 0.351. The number of allylic oxidation sites excluding steroid dienone is 4. The predicted molar refractivity (Wildman–Crippen MR) is 111 cm³/mol. The van der Waals surface area contributed by atoms with Crippen molar-refractivity contribution in [3.63, 3.8) is 0 Å². The number of halogens is 5. The second-order valence-electron chi connectivity index (χ2n) is 5.61. The molecule has 0 fully saturated rings. The summed E-state index contributed by atoms with van der Waals surface area (Å²) < 4.78 is 66.1. The van der Waals surface area contributed by atoms with E-state index in [4.69, 9.17) is 0 Å². The van der Waals surface area contributed by atoms with Gasteiger partial charge in [0.1, 0.15) is 11.6 Å². The van der Waals surface area contributed by atoms with E-state index in [2.05, 4.69) is 36.7 Å². The van der Waals surface area contributed by atoms with Gasteiger partial charge in [-0.3, -0.25) is 4.98 Å². The maximum absolute atomic E-state index is 13.8. The zero-order valence-electron chi connectivity index (χ0n) is 16.5. The predicted octanol–water partition coefficient (Wildman–Crippen LogP) is 6.02. The fourth-order valence-electron chi connectivity index (χ4n) is 2.57. The number of benzene rings is 1. The molecular weight excluding hydrogens is 399 g/mol. The van der Waals surface area contributed by atoms with Gasteiger partial charge in [-0.05, 0) is 54.9 Å². The van der Waals surface area contributed by atoms with Crippen molar-refractivity contribution >= 4 is 0 Å². The van der Waals surface area contributed by atoms with Crippen LogP contribution in [0.25, 0.3) is 0 Å². The third-order valence-electron chi connectivity index (χ3n) is 3.79. The lowest BCUT2D eigenvalue weighted by molar-refractivity contribution is -0.137. The minimum absolute atomic E-state index is 0.0910. The number of nitrogens with two attached hydrogens (primary N) is 1. The third kappa shape index (κ3) is 8.02. The maximum Gasteiger partial charge on any atom is 0.416 e. The molecule has 30 heavy (non-hydrogen) atoms. The molecule has 0 aliphatic rings. The van der Waals surface area contributed by atoms with Gasteiger partial charge in [0.15, 0.2) is 0 Å². The first kappa shape index (κ1) is 26.8. The molecule has 0 aliphatic carbocycles. The number of rotatable bonds is 6. The normalized spacial score (nSPS) is 11.8. The lowest BCUT2D eigenvalue weighted by Crippen LogP contribution is -2.10. The molecule has 2 aromatic rings. The minimum Gasteiger partial charge on any atom is -0.333 e. The van der Waals surface area contributed by atoms with Crippen LogP contribution in [-0.2, 0) is 6.18 Å². The molecule has 1 aromatic carbocycles. The number of terminal acetylenes is 1. The summed E-state index contributed by atoms with van der Waals surface area (Å²) in [5, 5.41) is 0. The summed E-state index contributed by atoms with van der Waals surface area (Å²) in [6, 6.07) is 4.87. The number of hydrogen-bond donors (Lipinski definition) is 1. The lowest BCUT2D eigenvalue weighted by Gasteiger charge is -2.19. The molecule has 7 heteroatoms. The number of pyridine rings is 1. The molecule has 0 spiro atoms. The highest BCUT2D eigenvalue weighted by Gasteiger charge is 2.32. The Bertz CT molecular complexity index is 865. The van der Waals surface area contributed by atoms with Crippen LogP contribution in [0.2, 0.25) is 0 Å². The summed E-state index contributed by atoms with van der Waals surface area (Å²) in [4.78, 5) is 3.96. The van der Waals surface area contributed by atoms with Gasteiger partial charge in [0.2, 0.25) is 0 Å². The third-order valence-corrected chi connectivity index (χ3v) is 3.79. The van der Waals surface area contributed by atoms with Crippen molar-refractivity contribution in [3.05, 3.63) is 102 Å². The molecule has 0 unspecified atom stereocenters. The summed E-state index contributed by atoms with van der Waals surface area (Å²) in [5.74, 6) is -2.29. The number of alkyl halides is 3. The van der Waals surface area contributed by atoms with E-state index in [1.165, 1.54) is 25.3 Å². The van der Waals surface area contributed by atoms with Crippen LogP contribution in [0.5, 0.6) is 0 Å². The van der Waals surface area contributed by atoms with Crippen LogP contribution < -0.4 is 5.73 Å². The van der Waals surface area contributed by atoms with E-state index in [-0.39, 0.29) is 12.0 Å². The second-order valence-corrected chi connectivity index (χ2v) is 5.61. The van der Waals surface area contributed by atoms with E-state index >= 15 is 0 Å². The maximum atomic E-state index is 13.8. The highest BCUT2D eigenvalue weighted by atomic mass is 19.4. The van der Waals surface area contributed by atoms with Crippen molar-refractivity contribution in [3.8, 4) is 12.8 Å². The van der Waals surface area contributed by atoms with Crippen LogP contribution in [0.1, 0.15) is 29.2 Å². The Morgan fingerprint density at radius 3 is 2.20 bits per heavy atom. The largest absolute Gasteiger partial charge is 0.416 e. The summed E-state index contributed by atoms with van der Waals surface area (Å²) in [6.07, 6.45) is 9.18. The molecule has 2 N–H and O–H groups in total. The van der Waals surface area contributed by atoms with Gasteiger partial charge < -0.3 is 5.73 Å². The molecule has 0 bridgehead atoms. The van der Waals surface area contributed by atoms with Crippen molar-refractivity contribution < 1.29 is 22.0 Å². The van der Waals surface area contributed by atoms with Gasteiger partial charge in [0, 0.05) is 11.6 Å². The molecule has 0 aliphatic heterocycles. The van der Waals surface area contributed by atoms with Gasteiger partial charge in [-0.25, -0.2) is 8.78 Å². The molecule has 160 valence electrons. The Hall–Kier alpha value is -3.24. The van der Waals surface area contributed by atoms with Crippen molar-refractivity contribution in [2.45, 2.75) is 18.5 Å². The first-order valence-corrected chi connectivity index (χ1v) is 8.59. The fraction of sp³-hybridized carbons (Fsp3) is 0.174. The number of aromatic nitrogens is 1. The first-order chi connectivity index (χ1) is 14.2. The minimum atomic E-state index is -4.68. The molecule has 0 saturated heterocycles. The topological polar surface area (TPSA) is 38.9 Å². The van der Waals surface area contributed by atoms with Crippen molar-refractivity contribution in [2.24, 2.45) is 5.73 Å². The molecule has 0 radical (unpaired) electrons. The summed E-state index contributed by atoms with van der Waals surface area (Å²) in [6.45, 7) is 7.23. The smallest absolute Gasteiger partial charge is 0.333 e. The van der Waals surface area contributed by atoms with Gasteiger partial charge in [-0.2, -0.15) is 13.2 Å². The zero-order valence-corrected chi connectivity index (χ0v) is 16.5. The van der Waals surface area contributed by atoms with Gasteiger partial charge in [-0.1, -0.05) is 31.4 Å². The average molecular weight is 422 g/mol. The van der Waals surface area contributed by atoms with Crippen LogP contribution >= 0.6 is 0 Å². The summed E-state index contributed by atoms with van der Waals surface area (Å²) in [5.41, 5.74) is 4.50. The van der Waals surface area contributed by atoms with E-state index < -0.39 is 29.3 Å². The van der Waals surface area contributed by atoms with E-state index in [0.717, 1.165) is 24.4 Å². The summed E-state index contributed by atoms with van der Waals surface area (Å²) in [7, 11) is 1.50. The zero-order chi connectivity index (χ0) is 23.3. The summed E-state index contributed by atoms with van der Waals surface area (Å²) >= 11 is 0. The molecule has 2 rings (SSSR count). The second kappa shape index (κ2) is 13.1. The van der Waals surface area contributed by atoms with Crippen molar-refractivity contribution in [1.29, 1.82) is 0 Å². The van der Waals surface area contributed by atoms with Crippen LogP contribution in [-0.4, -0.2) is 12.0 Å². The van der Waals surface area contributed by atoms with Crippen LogP contribution in [0, 0.1) is 24.5 Å². The highest BCUT2D eigenvalue weighted by molar-refractivity contribution is 5.37. The van der Waals surface area contributed by atoms with E-state index in [9.17, 15) is 22.0 Å². The van der Waals surface area contributed by atoms with E-state index in [1.54, 1.807) is 6.08 Å². The van der Waals surface area contributed by atoms with Crippen molar-refractivity contribution in [2.75, 3.05) is 7.05 Å². The molecule has 2 nitrogen and oxygen atoms in total. The van der Waals surface area contributed by atoms with Crippen LogP contribution in [0.4, 0.5) is 22.0 Å². The lowest BCUT2D eigenvalue weighted by atomic mass is 9.87. The number of hydrogen-bond acceptors (Lipinski definition) is 2. The standard InChI is InChI=1S/C20H16F5N.C2H2.CH5N/c1-3-5-13(4-2)8-18(19-7-6-16(21)12-26-19)14-9-15(20(23,24)25)11-17(22)10-14;2*1-2/h3-7,9-12,18H,1-2,8H2;1-2H;2H2,1H3/b13-5+;;/t18-;;/m0../s1. The van der Waals surface area contributed by atoms with Gasteiger partial charge in [0.05, 0.1) is 11.8 Å². The number of nitrogens with zero attached hydrogens (tertiary/aromatic N) is 1. The van der Waals surface area contributed by atoms with Crippen molar-refractivity contribution in [1.82, 2.24) is 4.98 Å². The molecule has 1 atom stereocenters. The van der Waals surface area contributed by atoms with E-state index in [0.29, 0.717) is 17.3 Å². The Morgan fingerprint density at radius 1 is 1.10 bits per heavy atom. The Kier molecular flexibility index (Phi) is 11.7. The molecule has 1 heterocycles. The monoisotopic (exact) mass is 422 g/mol. The molecular formula is C23H23F5N2. The Balaban J connectivity index is 0.00000198. The fourth-order valence-corrected chi connectivity index (χ4v) is 2.57. The first-order valence-electron chi connectivity index (χ1n) is 8.59. The van der Waals surface area contributed by atoms with Gasteiger partial charge >= 0.3 is 6.18 Å². The average Bonchev–Trinajstić information content (AvgIpc) is 2.74. The van der Waals surface area contributed by atoms with Crippen LogP contribution in [0.15, 0.2) is 73.5 Å². The molecule has 0 amide bonds. The van der Waals surface area contributed by atoms with E-state index in [1.807, 2.05) is 0 Å². The highest BCUT2D eigenvalue weighted by Crippen LogP contribution is 2.36.